The van der Waals surface area contributed by atoms with E-state index in [-0.39, 0.29) is 30.6 Å². The minimum Gasteiger partial charge on any atom is -0.454 e. The van der Waals surface area contributed by atoms with Crippen molar-refractivity contribution in [1.82, 2.24) is 4.90 Å². The van der Waals surface area contributed by atoms with Crippen LogP contribution in [0.25, 0.3) is 0 Å². The smallest absolute Gasteiger partial charge is 0.231 e. The van der Waals surface area contributed by atoms with Crippen LogP contribution < -0.4 is 9.47 Å². The zero-order valence-corrected chi connectivity index (χ0v) is 14.0. The molecule has 0 bridgehead atoms. The Hall–Kier alpha value is -1.47. The van der Waals surface area contributed by atoms with Crippen molar-refractivity contribution in [3.8, 4) is 11.5 Å². The van der Waals surface area contributed by atoms with Crippen LogP contribution in [0, 0.1) is 0 Å². The standard InChI is InChI=1S/C14H18ClNO5S/c1-16(2)13(17)4-3-5-22(18,19)8-10-6-11(15)14-12(7-10)20-9-21-14/h6-7H,3-5,8-9H2,1-2H3. The second-order valence-electron chi connectivity index (χ2n) is 5.30. The van der Waals surface area contributed by atoms with E-state index in [1.54, 1.807) is 26.2 Å². The van der Waals surface area contributed by atoms with Gasteiger partial charge in [-0.15, -0.1) is 0 Å². The van der Waals surface area contributed by atoms with Gasteiger partial charge in [0.05, 0.1) is 16.5 Å². The van der Waals surface area contributed by atoms with Crippen LogP contribution in [0.1, 0.15) is 18.4 Å². The lowest BCUT2D eigenvalue weighted by Crippen LogP contribution is -2.22. The largest absolute Gasteiger partial charge is 0.454 e. The molecule has 1 heterocycles. The molecular formula is C14H18ClNO5S. The van der Waals surface area contributed by atoms with Crippen molar-refractivity contribution in [2.75, 3.05) is 26.6 Å². The molecule has 0 N–H and O–H groups in total. The second-order valence-corrected chi connectivity index (χ2v) is 7.89. The summed E-state index contributed by atoms with van der Waals surface area (Å²) in [4.78, 5) is 12.9. The van der Waals surface area contributed by atoms with E-state index in [1.807, 2.05) is 0 Å². The van der Waals surface area contributed by atoms with Gasteiger partial charge in [0, 0.05) is 20.5 Å². The zero-order valence-electron chi connectivity index (χ0n) is 12.5. The van der Waals surface area contributed by atoms with Crippen LogP contribution in [0.3, 0.4) is 0 Å². The first-order valence-electron chi connectivity index (χ1n) is 6.77. The van der Waals surface area contributed by atoms with Gasteiger partial charge in [-0.3, -0.25) is 4.79 Å². The van der Waals surface area contributed by atoms with Gasteiger partial charge in [0.2, 0.25) is 12.7 Å². The highest BCUT2D eigenvalue weighted by molar-refractivity contribution is 7.90. The number of amides is 1. The first-order valence-corrected chi connectivity index (χ1v) is 8.97. The number of nitrogens with zero attached hydrogens (tertiary/aromatic N) is 1. The summed E-state index contributed by atoms with van der Waals surface area (Å²) < 4.78 is 34.6. The number of hydrogen-bond donors (Lipinski definition) is 0. The van der Waals surface area contributed by atoms with Crippen LogP contribution in [-0.4, -0.2) is 45.9 Å². The van der Waals surface area contributed by atoms with Crippen LogP contribution in [-0.2, 0) is 20.4 Å². The first kappa shape index (κ1) is 16.9. The highest BCUT2D eigenvalue weighted by Crippen LogP contribution is 2.40. The number of ether oxygens (including phenoxy) is 2. The molecule has 122 valence electrons. The third kappa shape index (κ3) is 4.27. The first-order chi connectivity index (χ1) is 10.3. The number of halogens is 1. The fourth-order valence-corrected chi connectivity index (χ4v) is 3.79. The summed E-state index contributed by atoms with van der Waals surface area (Å²) in [6, 6.07) is 3.19. The zero-order chi connectivity index (χ0) is 16.3. The predicted octanol–water partition coefficient (Wildman–Crippen LogP) is 1.85. The van der Waals surface area contributed by atoms with Gasteiger partial charge >= 0.3 is 0 Å². The highest BCUT2D eigenvalue weighted by atomic mass is 35.5. The molecule has 1 amide bonds. The normalized spacial score (nSPS) is 13.2. The monoisotopic (exact) mass is 347 g/mol. The maximum absolute atomic E-state index is 12.1. The molecule has 22 heavy (non-hydrogen) atoms. The quantitative estimate of drug-likeness (QED) is 0.785. The molecule has 1 aliphatic heterocycles. The van der Waals surface area contributed by atoms with Crippen molar-refractivity contribution in [2.24, 2.45) is 0 Å². The van der Waals surface area contributed by atoms with E-state index in [1.165, 1.54) is 4.90 Å². The third-order valence-electron chi connectivity index (χ3n) is 3.22. The number of carbonyl (C=O) groups excluding carboxylic acids is 1. The second kappa shape index (κ2) is 6.75. The molecular weight excluding hydrogens is 330 g/mol. The average Bonchev–Trinajstić information content (AvgIpc) is 2.86. The Balaban J connectivity index is 1.97. The summed E-state index contributed by atoms with van der Waals surface area (Å²) in [6.45, 7) is 0.0813. The summed E-state index contributed by atoms with van der Waals surface area (Å²) in [5, 5.41) is 0.336. The molecule has 0 fully saturated rings. The molecule has 0 spiro atoms. The van der Waals surface area contributed by atoms with Gasteiger partial charge in [-0.2, -0.15) is 0 Å². The Morgan fingerprint density at radius 1 is 1.32 bits per heavy atom. The predicted molar refractivity (Wildman–Crippen MR) is 83.0 cm³/mol. The molecule has 0 saturated heterocycles. The van der Waals surface area contributed by atoms with Gasteiger partial charge in [-0.1, -0.05) is 11.6 Å². The van der Waals surface area contributed by atoms with Crippen molar-refractivity contribution < 1.29 is 22.7 Å². The van der Waals surface area contributed by atoms with Crippen LogP contribution in [0.4, 0.5) is 0 Å². The number of benzene rings is 1. The van der Waals surface area contributed by atoms with Crippen molar-refractivity contribution in [2.45, 2.75) is 18.6 Å². The Morgan fingerprint density at radius 2 is 2.05 bits per heavy atom. The Labute approximate surface area is 134 Å². The van der Waals surface area contributed by atoms with E-state index in [0.717, 1.165) is 0 Å². The Morgan fingerprint density at radius 3 is 2.73 bits per heavy atom. The molecule has 0 radical (unpaired) electrons. The summed E-state index contributed by atoms with van der Waals surface area (Å²) in [6.07, 6.45) is 0.520. The minimum absolute atomic E-state index is 0.0430. The fourth-order valence-electron chi connectivity index (χ4n) is 2.10. The number of carbonyl (C=O) groups is 1. The molecule has 0 saturated carbocycles. The molecule has 0 atom stereocenters. The SMILES string of the molecule is CN(C)C(=O)CCCS(=O)(=O)Cc1cc(Cl)c2c(c1)OCO2. The molecule has 0 aliphatic carbocycles. The molecule has 6 nitrogen and oxygen atoms in total. The minimum atomic E-state index is -3.32. The van der Waals surface area contributed by atoms with Crippen molar-refractivity contribution in [1.29, 1.82) is 0 Å². The molecule has 1 aromatic rings. The molecule has 0 unspecified atom stereocenters. The van der Waals surface area contributed by atoms with Gasteiger partial charge < -0.3 is 14.4 Å². The average molecular weight is 348 g/mol. The van der Waals surface area contributed by atoms with Crippen LogP contribution >= 0.6 is 11.6 Å². The van der Waals surface area contributed by atoms with Crippen molar-refractivity contribution in [3.05, 3.63) is 22.7 Å². The van der Waals surface area contributed by atoms with E-state index in [9.17, 15) is 13.2 Å². The van der Waals surface area contributed by atoms with E-state index < -0.39 is 9.84 Å². The summed E-state index contributed by atoms with van der Waals surface area (Å²) >= 11 is 6.03. The highest BCUT2D eigenvalue weighted by Gasteiger charge is 2.21. The fraction of sp³-hybridized carbons (Fsp3) is 0.500. The third-order valence-corrected chi connectivity index (χ3v) is 5.18. The molecule has 2 rings (SSSR count). The Bertz CT molecular complexity index is 672. The van der Waals surface area contributed by atoms with Crippen LogP contribution in [0.15, 0.2) is 12.1 Å². The number of sulfone groups is 1. The summed E-state index contributed by atoms with van der Waals surface area (Å²) in [7, 11) is -0.0273. The maximum atomic E-state index is 12.1. The van der Waals surface area contributed by atoms with Crippen molar-refractivity contribution >= 4 is 27.3 Å². The molecule has 0 aromatic heterocycles. The van der Waals surface area contributed by atoms with Crippen LogP contribution in [0.5, 0.6) is 11.5 Å². The van der Waals surface area contributed by atoms with Gasteiger partial charge in [0.1, 0.15) is 0 Å². The molecule has 8 heteroatoms. The van der Waals surface area contributed by atoms with Crippen LogP contribution in [0.2, 0.25) is 5.02 Å². The van der Waals surface area contributed by atoms with E-state index in [4.69, 9.17) is 21.1 Å². The van der Waals surface area contributed by atoms with Gasteiger partial charge in [0.15, 0.2) is 21.3 Å². The number of rotatable bonds is 6. The maximum Gasteiger partial charge on any atom is 0.231 e. The van der Waals surface area contributed by atoms with Crippen molar-refractivity contribution in [3.63, 3.8) is 0 Å². The summed E-state index contributed by atoms with van der Waals surface area (Å²) in [5.74, 6) is 0.638. The van der Waals surface area contributed by atoms with E-state index >= 15 is 0 Å². The summed E-state index contributed by atoms with van der Waals surface area (Å²) in [5.41, 5.74) is 0.549. The van der Waals surface area contributed by atoms with E-state index in [2.05, 4.69) is 0 Å². The van der Waals surface area contributed by atoms with Gasteiger partial charge in [-0.25, -0.2) is 8.42 Å². The number of hydrogen-bond acceptors (Lipinski definition) is 5. The van der Waals surface area contributed by atoms with E-state index in [0.29, 0.717) is 28.5 Å². The molecule has 1 aromatic carbocycles. The lowest BCUT2D eigenvalue weighted by molar-refractivity contribution is -0.128. The lowest BCUT2D eigenvalue weighted by Gasteiger charge is -2.10. The molecule has 1 aliphatic rings. The topological polar surface area (TPSA) is 72.9 Å². The Kier molecular flexibility index (Phi) is 5.18. The number of fused-ring (bicyclic) bond motifs is 1. The lowest BCUT2D eigenvalue weighted by atomic mass is 10.2. The van der Waals surface area contributed by atoms with Gasteiger partial charge in [0.25, 0.3) is 0 Å². The van der Waals surface area contributed by atoms with Gasteiger partial charge in [-0.05, 0) is 24.1 Å².